The summed E-state index contributed by atoms with van der Waals surface area (Å²) in [5, 5.41) is 9.37. The molecule has 1 aromatic rings. The summed E-state index contributed by atoms with van der Waals surface area (Å²) in [5.74, 6) is 0. The van der Waals surface area contributed by atoms with Crippen LogP contribution in [0.5, 0.6) is 0 Å². The average molecular weight is 359 g/mol. The quantitative estimate of drug-likeness (QED) is 0.384. The minimum absolute atomic E-state index is 0.111. The van der Waals surface area contributed by atoms with Crippen LogP contribution in [0.4, 0.5) is 0 Å². The third-order valence-corrected chi connectivity index (χ3v) is 14.6. The zero-order valence-electron chi connectivity index (χ0n) is 13.6. The van der Waals surface area contributed by atoms with Gasteiger partial charge in [-0.15, -0.1) is 0 Å². The van der Waals surface area contributed by atoms with Crippen molar-refractivity contribution in [2.24, 2.45) is 0 Å². The largest absolute Gasteiger partial charge is 0.392 e. The monoisotopic (exact) mass is 358 g/mol. The molecular formula is C16H26OS3Si. The van der Waals surface area contributed by atoms with Gasteiger partial charge in [0, 0.05) is 4.90 Å². The molecule has 0 atom stereocenters. The van der Waals surface area contributed by atoms with Gasteiger partial charge in [-0.1, -0.05) is 49.6 Å². The Labute approximate surface area is 143 Å². The molecule has 0 aromatic heterocycles. The number of aliphatic hydroxyl groups is 1. The lowest BCUT2D eigenvalue weighted by Gasteiger charge is -2.41. The molecule has 5 heteroatoms. The fraction of sp³-hybridized carbons (Fsp3) is 0.500. The van der Waals surface area contributed by atoms with E-state index in [-0.39, 0.29) is 10.3 Å². The summed E-state index contributed by atoms with van der Waals surface area (Å²) >= 11 is 5.74. The average Bonchev–Trinajstić information content (AvgIpc) is 2.44. The van der Waals surface area contributed by atoms with Gasteiger partial charge in [-0.25, -0.2) is 0 Å². The van der Waals surface area contributed by atoms with Crippen LogP contribution in [-0.2, 0) is 0 Å². The molecular weight excluding hydrogens is 332 g/mol. The second-order valence-corrected chi connectivity index (χ2v) is 15.6. The molecule has 0 fully saturated rings. The number of allylic oxidation sites excluding steroid dienone is 1. The molecule has 0 saturated carbocycles. The summed E-state index contributed by atoms with van der Waals surface area (Å²) in [6, 6.07) is 10.4. The van der Waals surface area contributed by atoms with Crippen molar-refractivity contribution in [1.29, 1.82) is 0 Å². The highest BCUT2D eigenvalue weighted by molar-refractivity contribution is 8.20. The van der Waals surface area contributed by atoms with Gasteiger partial charge in [0.05, 0.1) is 18.4 Å². The fourth-order valence-electron chi connectivity index (χ4n) is 2.23. The van der Waals surface area contributed by atoms with E-state index in [1.165, 1.54) is 9.80 Å². The van der Waals surface area contributed by atoms with Gasteiger partial charge in [0.2, 0.25) is 0 Å². The number of benzene rings is 1. The summed E-state index contributed by atoms with van der Waals surface area (Å²) in [4.78, 5) is 2.51. The normalized spacial score (nSPS) is 13.5. The lowest BCUT2D eigenvalue weighted by Crippen LogP contribution is -2.46. The van der Waals surface area contributed by atoms with E-state index in [1.807, 2.05) is 35.7 Å². The first-order valence-electron chi connectivity index (χ1n) is 7.01. The highest BCUT2D eigenvalue weighted by atomic mass is 32.2. The highest BCUT2D eigenvalue weighted by Gasteiger charge is 2.42. The van der Waals surface area contributed by atoms with Crippen LogP contribution in [0.1, 0.15) is 6.42 Å². The van der Waals surface area contributed by atoms with Crippen LogP contribution < -0.4 is 0 Å². The Kier molecular flexibility index (Phi) is 7.99. The van der Waals surface area contributed by atoms with Crippen molar-refractivity contribution in [3.8, 4) is 0 Å². The van der Waals surface area contributed by atoms with Crippen molar-refractivity contribution in [3.63, 3.8) is 0 Å². The lowest BCUT2D eigenvalue weighted by molar-refractivity contribution is 0.342. The predicted octanol–water partition coefficient (Wildman–Crippen LogP) is 5.34. The topological polar surface area (TPSA) is 20.2 Å². The van der Waals surface area contributed by atoms with Gasteiger partial charge in [0.1, 0.15) is 0 Å². The molecule has 1 aromatic carbocycles. The zero-order chi connectivity index (χ0) is 15.9. The van der Waals surface area contributed by atoms with Crippen LogP contribution in [0, 0.1) is 0 Å². The third-order valence-electron chi connectivity index (χ3n) is 3.52. The van der Waals surface area contributed by atoms with Gasteiger partial charge >= 0.3 is 0 Å². The standard InChI is InChI=1S/C16H26OS3Si/c1-18-16(19-2,21(3,4)5)13-15(11-12-17)20-14-9-7-6-8-10-14/h6-11,17H,12-13H2,1-5H3/b15-11+. The molecule has 0 bridgehead atoms. The second kappa shape index (κ2) is 8.72. The van der Waals surface area contributed by atoms with Gasteiger partial charge in [0.25, 0.3) is 0 Å². The first-order valence-corrected chi connectivity index (χ1v) is 13.8. The van der Waals surface area contributed by atoms with Gasteiger partial charge in [0.15, 0.2) is 0 Å². The molecule has 0 aliphatic rings. The summed E-state index contributed by atoms with van der Waals surface area (Å²) in [6.45, 7) is 7.41. The fourth-order valence-corrected chi connectivity index (χ4v) is 10.5. The predicted molar refractivity (Wildman–Crippen MR) is 105 cm³/mol. The van der Waals surface area contributed by atoms with Gasteiger partial charge in [-0.05, 0) is 42.0 Å². The Morgan fingerprint density at radius 3 is 2.14 bits per heavy atom. The molecule has 118 valence electrons. The zero-order valence-corrected chi connectivity index (χ0v) is 17.0. The van der Waals surface area contributed by atoms with Crippen molar-refractivity contribution in [3.05, 3.63) is 41.3 Å². The second-order valence-electron chi connectivity index (χ2n) is 5.86. The minimum Gasteiger partial charge on any atom is -0.392 e. The smallest absolute Gasteiger partial charge is 0.0756 e. The minimum atomic E-state index is -1.36. The van der Waals surface area contributed by atoms with Crippen LogP contribution in [0.3, 0.4) is 0 Å². The summed E-state index contributed by atoms with van der Waals surface area (Å²) in [5.41, 5.74) is 0. The Morgan fingerprint density at radius 2 is 1.71 bits per heavy atom. The highest BCUT2D eigenvalue weighted by Crippen LogP contribution is 2.49. The van der Waals surface area contributed by atoms with Crippen molar-refractivity contribution in [2.75, 3.05) is 19.1 Å². The summed E-state index contributed by atoms with van der Waals surface area (Å²) in [6.07, 6.45) is 7.43. The molecule has 0 saturated heterocycles. The van der Waals surface area contributed by atoms with E-state index in [4.69, 9.17) is 0 Å². The molecule has 1 nitrogen and oxygen atoms in total. The summed E-state index contributed by atoms with van der Waals surface area (Å²) in [7, 11) is -1.36. The maximum atomic E-state index is 9.37. The molecule has 21 heavy (non-hydrogen) atoms. The Hall–Kier alpha value is 0.187. The number of aliphatic hydroxyl groups excluding tert-OH is 1. The van der Waals surface area contributed by atoms with Crippen LogP contribution in [0.2, 0.25) is 19.6 Å². The van der Waals surface area contributed by atoms with Crippen LogP contribution in [-0.4, -0.2) is 36.0 Å². The van der Waals surface area contributed by atoms with Crippen LogP contribution >= 0.6 is 35.3 Å². The van der Waals surface area contributed by atoms with E-state index in [0.29, 0.717) is 0 Å². The van der Waals surface area contributed by atoms with E-state index in [1.54, 1.807) is 11.8 Å². The lowest BCUT2D eigenvalue weighted by atomic mass is 10.4. The van der Waals surface area contributed by atoms with E-state index in [2.05, 4.69) is 56.4 Å². The SMILES string of the molecule is CSC(C/C(=C\CO)Sc1ccccc1)(SC)[Si](C)(C)C. The molecule has 0 unspecified atom stereocenters. The van der Waals surface area contributed by atoms with E-state index < -0.39 is 8.07 Å². The molecule has 0 aliphatic heterocycles. The van der Waals surface area contributed by atoms with Crippen molar-refractivity contribution >= 4 is 43.4 Å². The molecule has 0 heterocycles. The first-order chi connectivity index (χ1) is 9.88. The first kappa shape index (κ1) is 19.2. The van der Waals surface area contributed by atoms with Crippen molar-refractivity contribution in [1.82, 2.24) is 0 Å². The molecule has 0 spiro atoms. The molecule has 1 rings (SSSR count). The maximum absolute atomic E-state index is 9.37. The molecule has 0 radical (unpaired) electrons. The third kappa shape index (κ3) is 5.39. The molecule has 1 N–H and O–H groups in total. The molecule has 0 aliphatic carbocycles. The van der Waals surface area contributed by atoms with Crippen molar-refractivity contribution in [2.45, 2.75) is 34.7 Å². The van der Waals surface area contributed by atoms with E-state index in [0.717, 1.165) is 6.42 Å². The Bertz CT molecular complexity index is 450. The Morgan fingerprint density at radius 1 is 1.14 bits per heavy atom. The number of hydrogen-bond donors (Lipinski definition) is 1. The van der Waals surface area contributed by atoms with Gasteiger partial charge < -0.3 is 5.11 Å². The van der Waals surface area contributed by atoms with Gasteiger partial charge in [-0.2, -0.15) is 23.5 Å². The molecule has 0 amide bonds. The van der Waals surface area contributed by atoms with Crippen LogP contribution in [0.15, 0.2) is 46.2 Å². The number of thioether (sulfide) groups is 3. The van der Waals surface area contributed by atoms with Crippen molar-refractivity contribution < 1.29 is 5.11 Å². The Balaban J connectivity index is 2.99. The summed E-state index contributed by atoms with van der Waals surface area (Å²) < 4.78 is 0.246. The van der Waals surface area contributed by atoms with Crippen LogP contribution in [0.25, 0.3) is 0 Å². The number of rotatable bonds is 8. The number of hydrogen-bond acceptors (Lipinski definition) is 4. The van der Waals surface area contributed by atoms with E-state index in [9.17, 15) is 5.11 Å². The van der Waals surface area contributed by atoms with E-state index >= 15 is 0 Å². The maximum Gasteiger partial charge on any atom is 0.0756 e. The van der Waals surface area contributed by atoms with Gasteiger partial charge in [-0.3, -0.25) is 0 Å².